The van der Waals surface area contributed by atoms with Gasteiger partial charge in [0, 0.05) is 44.0 Å². The van der Waals surface area contributed by atoms with Gasteiger partial charge in [0.2, 0.25) is 5.91 Å². The van der Waals surface area contributed by atoms with Crippen molar-refractivity contribution >= 4 is 17.3 Å². The maximum atomic E-state index is 12.8. The summed E-state index contributed by atoms with van der Waals surface area (Å²) in [6, 6.07) is 8.29. The van der Waals surface area contributed by atoms with Crippen molar-refractivity contribution in [3.05, 3.63) is 61.6 Å². The van der Waals surface area contributed by atoms with Gasteiger partial charge in [-0.25, -0.2) is 4.68 Å². The van der Waals surface area contributed by atoms with Crippen molar-refractivity contribution in [3.8, 4) is 6.07 Å². The molecule has 1 aliphatic heterocycles. The third-order valence-electron chi connectivity index (χ3n) is 5.48. The fourth-order valence-electron chi connectivity index (χ4n) is 3.77. The van der Waals surface area contributed by atoms with Gasteiger partial charge in [0.25, 0.3) is 11.2 Å². The number of carbonyl (C=O) groups is 1. The number of piperazine rings is 1. The third-order valence-corrected chi connectivity index (χ3v) is 5.48. The molecule has 10 heteroatoms. The number of hydrogen-bond acceptors (Lipinski definition) is 7. The Morgan fingerprint density at radius 3 is 2.32 bits per heavy atom. The highest BCUT2D eigenvalue weighted by Crippen LogP contribution is 2.20. The first kappa shape index (κ1) is 22.0. The van der Waals surface area contributed by atoms with Gasteiger partial charge in [-0.3, -0.25) is 19.7 Å². The number of aryl methyl sites for hydroxylation is 1. The summed E-state index contributed by atoms with van der Waals surface area (Å²) in [5.74, 6) is -0.229. The predicted octanol–water partition coefficient (Wildman–Crippen LogP) is 1.50. The van der Waals surface area contributed by atoms with E-state index in [4.69, 9.17) is 0 Å². The molecule has 0 spiro atoms. The molecule has 2 aromatic rings. The molecule has 10 nitrogen and oxygen atoms in total. The maximum absolute atomic E-state index is 12.8. The first-order valence-electron chi connectivity index (χ1n) is 10.2. The summed E-state index contributed by atoms with van der Waals surface area (Å²) >= 11 is 0. The quantitative estimate of drug-likeness (QED) is 0.508. The van der Waals surface area contributed by atoms with Gasteiger partial charge in [-0.1, -0.05) is 13.8 Å². The monoisotopic (exact) mass is 424 g/mol. The molecule has 1 aromatic heterocycles. The molecule has 0 N–H and O–H groups in total. The average molecular weight is 424 g/mol. The number of anilines is 1. The lowest BCUT2D eigenvalue weighted by molar-refractivity contribution is -0.384. The molecule has 1 amide bonds. The summed E-state index contributed by atoms with van der Waals surface area (Å²) < 4.78 is 1.10. The Morgan fingerprint density at radius 2 is 1.81 bits per heavy atom. The van der Waals surface area contributed by atoms with Crippen LogP contribution in [0, 0.1) is 21.4 Å². The minimum absolute atomic E-state index is 0.0350. The van der Waals surface area contributed by atoms with Crippen molar-refractivity contribution in [2.24, 2.45) is 0 Å². The van der Waals surface area contributed by atoms with Crippen LogP contribution in [-0.4, -0.2) is 51.7 Å². The number of nitrogens with zero attached hydrogens (tertiary/aromatic N) is 6. The van der Waals surface area contributed by atoms with Crippen LogP contribution in [0.25, 0.3) is 0 Å². The van der Waals surface area contributed by atoms with Crippen molar-refractivity contribution in [2.45, 2.75) is 33.2 Å². The molecular formula is C21H24N6O4. The van der Waals surface area contributed by atoms with E-state index in [1.54, 1.807) is 17.0 Å². The predicted molar refractivity (Wildman–Crippen MR) is 114 cm³/mol. The van der Waals surface area contributed by atoms with Crippen LogP contribution < -0.4 is 10.5 Å². The second kappa shape index (κ2) is 9.38. The molecule has 3 rings (SSSR count). The number of benzene rings is 1. The Balaban J connectivity index is 1.68. The summed E-state index contributed by atoms with van der Waals surface area (Å²) in [6.45, 7) is 5.64. The van der Waals surface area contributed by atoms with E-state index in [1.807, 2.05) is 19.9 Å². The van der Waals surface area contributed by atoms with Gasteiger partial charge in [0.1, 0.15) is 18.2 Å². The minimum Gasteiger partial charge on any atom is -0.368 e. The molecule has 162 valence electrons. The zero-order chi connectivity index (χ0) is 22.5. The fourth-order valence-corrected chi connectivity index (χ4v) is 3.77. The second-order valence-corrected chi connectivity index (χ2v) is 7.22. The van der Waals surface area contributed by atoms with E-state index >= 15 is 0 Å². The standard InChI is InChI=1S/C21H24N6O4/c1-3-17-18(13-22)21(29)26(23-19(17)4-2)14-20(28)25-11-9-24(10-12-25)15-5-7-16(8-6-15)27(30)31/h5-8H,3-4,9-12,14H2,1-2H3. The van der Waals surface area contributed by atoms with Crippen LogP contribution in [0.15, 0.2) is 29.1 Å². The van der Waals surface area contributed by atoms with Crippen LogP contribution in [0.3, 0.4) is 0 Å². The van der Waals surface area contributed by atoms with Gasteiger partial charge in [0.05, 0.1) is 10.6 Å². The summed E-state index contributed by atoms with van der Waals surface area (Å²) in [4.78, 5) is 39.5. The van der Waals surface area contributed by atoms with E-state index in [2.05, 4.69) is 10.00 Å². The number of aromatic nitrogens is 2. The first-order valence-corrected chi connectivity index (χ1v) is 10.2. The summed E-state index contributed by atoms with van der Waals surface area (Å²) in [6.07, 6.45) is 1.11. The van der Waals surface area contributed by atoms with E-state index in [-0.39, 0.29) is 23.7 Å². The molecule has 0 atom stereocenters. The number of nitriles is 1. The minimum atomic E-state index is -0.533. The molecule has 1 fully saturated rings. The lowest BCUT2D eigenvalue weighted by Crippen LogP contribution is -2.50. The molecule has 1 aliphatic rings. The van der Waals surface area contributed by atoms with Gasteiger partial charge in [-0.05, 0) is 30.5 Å². The van der Waals surface area contributed by atoms with Gasteiger partial charge in [-0.15, -0.1) is 0 Å². The lowest BCUT2D eigenvalue weighted by atomic mass is 10.0. The Kier molecular flexibility index (Phi) is 6.65. The van der Waals surface area contributed by atoms with Crippen molar-refractivity contribution in [1.82, 2.24) is 14.7 Å². The lowest BCUT2D eigenvalue weighted by Gasteiger charge is -2.36. The Hall–Kier alpha value is -3.74. The van der Waals surface area contributed by atoms with Gasteiger partial charge >= 0.3 is 0 Å². The van der Waals surface area contributed by atoms with E-state index in [0.717, 1.165) is 10.4 Å². The van der Waals surface area contributed by atoms with Crippen molar-refractivity contribution in [2.75, 3.05) is 31.1 Å². The van der Waals surface area contributed by atoms with Crippen LogP contribution in [-0.2, 0) is 24.2 Å². The summed E-state index contributed by atoms with van der Waals surface area (Å²) in [5, 5.41) is 24.5. The Bertz CT molecular complexity index is 1080. The zero-order valence-electron chi connectivity index (χ0n) is 17.6. The topological polar surface area (TPSA) is 125 Å². The molecule has 0 bridgehead atoms. The summed E-state index contributed by atoms with van der Waals surface area (Å²) in [7, 11) is 0. The number of nitro groups is 1. The third kappa shape index (κ3) is 4.55. The van der Waals surface area contributed by atoms with Crippen molar-refractivity contribution in [3.63, 3.8) is 0 Å². The zero-order valence-corrected chi connectivity index (χ0v) is 17.6. The van der Waals surface area contributed by atoms with E-state index < -0.39 is 10.5 Å². The van der Waals surface area contributed by atoms with Gasteiger partial charge in [-0.2, -0.15) is 10.4 Å². The number of hydrogen-bond donors (Lipinski definition) is 0. The smallest absolute Gasteiger partial charge is 0.285 e. The molecule has 1 aromatic carbocycles. The normalized spacial score (nSPS) is 13.7. The maximum Gasteiger partial charge on any atom is 0.285 e. The molecule has 1 saturated heterocycles. The van der Waals surface area contributed by atoms with Crippen LogP contribution in [0.5, 0.6) is 0 Å². The number of nitro benzene ring substituents is 1. The highest BCUT2D eigenvalue weighted by atomic mass is 16.6. The molecule has 0 aliphatic carbocycles. The van der Waals surface area contributed by atoms with E-state index in [9.17, 15) is 25.0 Å². The first-order chi connectivity index (χ1) is 14.9. The largest absolute Gasteiger partial charge is 0.368 e. The molecule has 0 saturated carbocycles. The fraction of sp³-hybridized carbons (Fsp3) is 0.429. The molecule has 0 unspecified atom stereocenters. The van der Waals surface area contributed by atoms with Crippen molar-refractivity contribution in [1.29, 1.82) is 5.26 Å². The highest BCUT2D eigenvalue weighted by molar-refractivity contribution is 5.76. The van der Waals surface area contributed by atoms with E-state index in [0.29, 0.717) is 50.3 Å². The van der Waals surface area contributed by atoms with Crippen molar-refractivity contribution < 1.29 is 9.72 Å². The Morgan fingerprint density at radius 1 is 1.16 bits per heavy atom. The molecular weight excluding hydrogens is 400 g/mol. The van der Waals surface area contributed by atoms with E-state index in [1.165, 1.54) is 12.1 Å². The number of amides is 1. The molecule has 2 heterocycles. The molecule has 31 heavy (non-hydrogen) atoms. The van der Waals surface area contributed by atoms with Gasteiger partial charge in [0.15, 0.2) is 0 Å². The van der Waals surface area contributed by atoms with Gasteiger partial charge < -0.3 is 9.80 Å². The van der Waals surface area contributed by atoms with Crippen LogP contribution in [0.1, 0.15) is 30.7 Å². The molecule has 0 radical (unpaired) electrons. The van der Waals surface area contributed by atoms with Crippen LogP contribution in [0.4, 0.5) is 11.4 Å². The second-order valence-electron chi connectivity index (χ2n) is 7.22. The Labute approximate surface area is 179 Å². The SMILES string of the molecule is CCc1nn(CC(=O)N2CCN(c3ccc([N+](=O)[O-])cc3)CC2)c(=O)c(C#N)c1CC. The van der Waals surface area contributed by atoms with Crippen LogP contribution >= 0.6 is 0 Å². The highest BCUT2D eigenvalue weighted by Gasteiger charge is 2.24. The number of rotatable bonds is 6. The van der Waals surface area contributed by atoms with Crippen LogP contribution in [0.2, 0.25) is 0 Å². The average Bonchev–Trinajstić information content (AvgIpc) is 2.80. The number of non-ortho nitro benzene ring substituents is 1. The number of carbonyl (C=O) groups excluding carboxylic acids is 1. The summed E-state index contributed by atoms with van der Waals surface area (Å²) in [5.41, 5.74) is 1.73.